The van der Waals surface area contributed by atoms with E-state index in [0.29, 0.717) is 17.9 Å². The molecule has 3 atom stereocenters. The third-order valence-electron chi connectivity index (χ3n) is 8.02. The number of nitrogens with zero attached hydrogens (tertiary/aromatic N) is 2. The third-order valence-corrected chi connectivity index (χ3v) is 8.02. The molecule has 0 radical (unpaired) electrons. The molecule has 4 aromatic rings. The molecule has 0 spiro atoms. The minimum absolute atomic E-state index is 0.00573. The number of aromatic nitrogens is 2. The number of amides is 1. The molecule has 0 fully saturated rings. The fourth-order valence-electron chi connectivity index (χ4n) is 5.68. The number of nitrogens with two attached hydrogens (primary N) is 1. The van der Waals surface area contributed by atoms with E-state index in [2.05, 4.69) is 20.6 Å². The summed E-state index contributed by atoms with van der Waals surface area (Å²) >= 11 is 0. The first kappa shape index (κ1) is 32.8. The average molecular weight is 594 g/mol. The van der Waals surface area contributed by atoms with Crippen molar-refractivity contribution < 1.29 is 9.90 Å². The summed E-state index contributed by atoms with van der Waals surface area (Å²) in [6.07, 6.45) is 13.5. The van der Waals surface area contributed by atoms with Crippen LogP contribution in [0.2, 0.25) is 0 Å². The van der Waals surface area contributed by atoms with E-state index >= 15 is 0 Å². The van der Waals surface area contributed by atoms with Gasteiger partial charge < -0.3 is 21.5 Å². The Balaban J connectivity index is 1.51. The zero-order chi connectivity index (χ0) is 30.8. The van der Waals surface area contributed by atoms with E-state index in [0.717, 1.165) is 49.0 Å². The average Bonchev–Trinajstić information content (AvgIpc) is 3.07. The van der Waals surface area contributed by atoms with E-state index in [-0.39, 0.29) is 5.91 Å². The number of nitrogens with one attached hydrogen (secondary N) is 2. The summed E-state index contributed by atoms with van der Waals surface area (Å²) in [7, 11) is 0. The number of hydrogen-bond acceptors (Lipinski definition) is 6. The molecule has 232 valence electrons. The SMILES string of the molecule is NCCCCCCCCCCCC(=O)Nc1ccccc1C(Nc1ccccn1)C(c1ccccn1)C(O)c1ccccc1. The molecule has 0 saturated carbocycles. The molecule has 0 saturated heterocycles. The molecule has 2 aromatic heterocycles. The maximum Gasteiger partial charge on any atom is 0.224 e. The highest BCUT2D eigenvalue weighted by Crippen LogP contribution is 2.43. The number of aliphatic hydroxyl groups excluding tert-OH is 1. The van der Waals surface area contributed by atoms with Gasteiger partial charge in [-0.05, 0) is 60.8 Å². The van der Waals surface area contributed by atoms with Gasteiger partial charge in [-0.3, -0.25) is 9.78 Å². The van der Waals surface area contributed by atoms with E-state index in [1.807, 2.05) is 91.0 Å². The van der Waals surface area contributed by atoms with Crippen LogP contribution in [0.15, 0.2) is 103 Å². The Labute approximate surface area is 262 Å². The van der Waals surface area contributed by atoms with Crippen molar-refractivity contribution in [1.29, 1.82) is 0 Å². The van der Waals surface area contributed by atoms with Crippen LogP contribution < -0.4 is 16.4 Å². The molecule has 2 aromatic carbocycles. The van der Waals surface area contributed by atoms with Gasteiger partial charge in [0.25, 0.3) is 0 Å². The van der Waals surface area contributed by atoms with Crippen molar-refractivity contribution in [2.24, 2.45) is 5.73 Å². The molecule has 7 nitrogen and oxygen atoms in total. The van der Waals surface area contributed by atoms with Gasteiger partial charge in [-0.1, -0.05) is 106 Å². The minimum atomic E-state index is -0.878. The number of carbonyl (C=O) groups is 1. The minimum Gasteiger partial charge on any atom is -0.388 e. The van der Waals surface area contributed by atoms with Crippen molar-refractivity contribution in [3.05, 3.63) is 120 Å². The summed E-state index contributed by atoms with van der Waals surface area (Å²) in [5.74, 6) is 0.169. The van der Waals surface area contributed by atoms with Gasteiger partial charge >= 0.3 is 0 Å². The van der Waals surface area contributed by atoms with Crippen LogP contribution in [0, 0.1) is 0 Å². The topological polar surface area (TPSA) is 113 Å². The maximum atomic E-state index is 13.2. The molecule has 0 aliphatic carbocycles. The lowest BCUT2D eigenvalue weighted by molar-refractivity contribution is -0.116. The molecule has 0 bridgehead atoms. The Kier molecular flexibility index (Phi) is 13.9. The van der Waals surface area contributed by atoms with Crippen molar-refractivity contribution in [3.8, 4) is 0 Å². The van der Waals surface area contributed by atoms with Crippen molar-refractivity contribution >= 4 is 17.4 Å². The molecule has 2 heterocycles. The van der Waals surface area contributed by atoms with Gasteiger partial charge in [0.05, 0.1) is 18.1 Å². The fourth-order valence-corrected chi connectivity index (χ4v) is 5.68. The second kappa shape index (κ2) is 18.6. The second-order valence-electron chi connectivity index (χ2n) is 11.3. The van der Waals surface area contributed by atoms with E-state index in [1.54, 1.807) is 12.4 Å². The van der Waals surface area contributed by atoms with Crippen LogP contribution in [0.5, 0.6) is 0 Å². The normalized spacial score (nSPS) is 13.1. The molecule has 0 aliphatic heterocycles. The molecule has 0 aliphatic rings. The summed E-state index contributed by atoms with van der Waals surface area (Å²) in [6.45, 7) is 0.786. The third kappa shape index (κ3) is 10.3. The molecule has 3 unspecified atom stereocenters. The molecular formula is C37H47N5O2. The number of pyridine rings is 2. The number of aliphatic hydroxyl groups is 1. The van der Waals surface area contributed by atoms with Crippen molar-refractivity contribution in [3.63, 3.8) is 0 Å². The zero-order valence-electron chi connectivity index (χ0n) is 25.7. The number of anilines is 2. The Hall–Kier alpha value is -4.07. The molecule has 5 N–H and O–H groups in total. The number of hydrogen-bond donors (Lipinski definition) is 4. The van der Waals surface area contributed by atoms with E-state index in [9.17, 15) is 9.90 Å². The first-order valence-corrected chi connectivity index (χ1v) is 16.1. The van der Waals surface area contributed by atoms with Crippen molar-refractivity contribution in [2.75, 3.05) is 17.2 Å². The van der Waals surface area contributed by atoms with Crippen LogP contribution in [0.25, 0.3) is 0 Å². The predicted molar refractivity (Wildman–Crippen MR) is 179 cm³/mol. The Morgan fingerprint density at radius 3 is 1.98 bits per heavy atom. The van der Waals surface area contributed by atoms with Crippen LogP contribution in [0.3, 0.4) is 0 Å². The fraction of sp³-hybridized carbons (Fsp3) is 0.378. The number of benzene rings is 2. The predicted octanol–water partition coefficient (Wildman–Crippen LogP) is 7.95. The second-order valence-corrected chi connectivity index (χ2v) is 11.3. The van der Waals surface area contributed by atoms with E-state index < -0.39 is 18.1 Å². The van der Waals surface area contributed by atoms with Gasteiger partial charge in [0, 0.05) is 30.2 Å². The lowest BCUT2D eigenvalue weighted by Crippen LogP contribution is -2.27. The Morgan fingerprint density at radius 2 is 1.32 bits per heavy atom. The number of rotatable bonds is 19. The van der Waals surface area contributed by atoms with Crippen LogP contribution in [-0.2, 0) is 4.79 Å². The van der Waals surface area contributed by atoms with Crippen molar-refractivity contribution in [2.45, 2.75) is 82.3 Å². The number of para-hydroxylation sites is 1. The van der Waals surface area contributed by atoms with Gasteiger partial charge in [-0.15, -0.1) is 0 Å². The van der Waals surface area contributed by atoms with Gasteiger partial charge in [-0.25, -0.2) is 4.98 Å². The maximum absolute atomic E-state index is 13.2. The van der Waals surface area contributed by atoms with Gasteiger partial charge in [0.2, 0.25) is 5.91 Å². The molecule has 44 heavy (non-hydrogen) atoms. The largest absolute Gasteiger partial charge is 0.388 e. The summed E-state index contributed by atoms with van der Waals surface area (Å²) in [5, 5.41) is 18.6. The summed E-state index contributed by atoms with van der Waals surface area (Å²) in [6, 6.07) is 28.4. The zero-order valence-corrected chi connectivity index (χ0v) is 25.7. The molecular weight excluding hydrogens is 546 g/mol. The summed E-state index contributed by atoms with van der Waals surface area (Å²) in [4.78, 5) is 22.4. The molecule has 1 amide bonds. The lowest BCUT2D eigenvalue weighted by atomic mass is 9.82. The Morgan fingerprint density at radius 1 is 0.705 bits per heavy atom. The van der Waals surface area contributed by atoms with Crippen LogP contribution in [0.4, 0.5) is 11.5 Å². The molecule has 7 heteroatoms. The Bertz CT molecular complexity index is 1350. The van der Waals surface area contributed by atoms with Crippen LogP contribution in [0.1, 0.15) is 99.1 Å². The quantitative estimate of drug-likeness (QED) is 0.0821. The van der Waals surface area contributed by atoms with Gasteiger partial charge in [-0.2, -0.15) is 0 Å². The highest BCUT2D eigenvalue weighted by molar-refractivity contribution is 5.91. The summed E-state index contributed by atoms with van der Waals surface area (Å²) in [5.41, 5.74) is 8.66. The van der Waals surface area contributed by atoms with Crippen molar-refractivity contribution in [1.82, 2.24) is 9.97 Å². The molecule has 4 rings (SSSR count). The highest BCUT2D eigenvalue weighted by atomic mass is 16.3. The highest BCUT2D eigenvalue weighted by Gasteiger charge is 2.35. The first-order chi connectivity index (χ1) is 21.7. The summed E-state index contributed by atoms with van der Waals surface area (Å²) < 4.78 is 0. The van der Waals surface area contributed by atoms with Gasteiger partial charge in [0.15, 0.2) is 0 Å². The lowest BCUT2D eigenvalue weighted by Gasteiger charge is -2.33. The first-order valence-electron chi connectivity index (χ1n) is 16.1. The van der Waals surface area contributed by atoms with E-state index in [4.69, 9.17) is 5.73 Å². The number of carbonyl (C=O) groups excluding carboxylic acids is 1. The monoisotopic (exact) mass is 593 g/mol. The van der Waals surface area contributed by atoms with Crippen LogP contribution >= 0.6 is 0 Å². The van der Waals surface area contributed by atoms with Crippen LogP contribution in [-0.4, -0.2) is 27.5 Å². The van der Waals surface area contributed by atoms with Gasteiger partial charge in [0.1, 0.15) is 5.82 Å². The standard InChI is InChI=1S/C37H47N5O2/c38-26-16-7-5-3-1-2-4-6-11-25-34(43)41-31-22-13-12-21-30(31)36(42-33-24-15-18-28-40-33)35(32-23-14-17-27-39-32)37(44)29-19-9-8-10-20-29/h8-10,12-15,17-24,27-28,35-37,44H,1-7,11,16,25-26,38H2,(H,40,42)(H,41,43). The van der Waals surface area contributed by atoms with E-state index in [1.165, 1.54) is 32.1 Å². The number of unbranched alkanes of at least 4 members (excludes halogenated alkanes) is 8. The smallest absolute Gasteiger partial charge is 0.224 e.